The molecule has 0 aliphatic carbocycles. The van der Waals surface area contributed by atoms with Crippen molar-refractivity contribution in [3.8, 4) is 10.6 Å². The van der Waals surface area contributed by atoms with Gasteiger partial charge in [-0.05, 0) is 25.8 Å². The zero-order valence-electron chi connectivity index (χ0n) is 18.5. The fourth-order valence-electron chi connectivity index (χ4n) is 3.26. The molecule has 1 amide bonds. The van der Waals surface area contributed by atoms with Gasteiger partial charge in [-0.3, -0.25) is 24.5 Å². The maximum Gasteiger partial charge on any atom is 0.271 e. The first-order chi connectivity index (χ1) is 15.5. The molecule has 33 heavy (non-hydrogen) atoms. The second-order valence-electron chi connectivity index (χ2n) is 7.48. The molecule has 0 fully saturated rings. The molecule has 0 spiro atoms. The van der Waals surface area contributed by atoms with E-state index in [0.717, 1.165) is 39.1 Å². The van der Waals surface area contributed by atoms with Crippen molar-refractivity contribution in [3.63, 3.8) is 0 Å². The number of benzene rings is 2. The third kappa shape index (κ3) is 5.52. The van der Waals surface area contributed by atoms with Crippen molar-refractivity contribution in [1.29, 1.82) is 0 Å². The van der Waals surface area contributed by atoms with Crippen LogP contribution in [0.1, 0.15) is 24.5 Å². The average molecular weight is 490 g/mol. The van der Waals surface area contributed by atoms with Gasteiger partial charge < -0.3 is 0 Å². The van der Waals surface area contributed by atoms with Crippen LogP contribution in [-0.4, -0.2) is 41.7 Å². The Morgan fingerprint density at radius 2 is 1.85 bits per heavy atom. The fourth-order valence-corrected chi connectivity index (χ4v) is 5.27. The number of hydrogen-bond acceptors (Lipinski definition) is 8. The second kappa shape index (κ2) is 9.63. The molecule has 0 radical (unpaired) electrons. The highest BCUT2D eigenvalue weighted by molar-refractivity contribution is 7.92. The molecule has 1 aromatic heterocycles. The molecule has 0 aliphatic heterocycles. The van der Waals surface area contributed by atoms with Crippen LogP contribution in [-0.2, 0) is 14.8 Å². The van der Waals surface area contributed by atoms with Crippen LogP contribution >= 0.6 is 11.3 Å². The van der Waals surface area contributed by atoms with Crippen LogP contribution in [0.15, 0.2) is 42.5 Å². The van der Waals surface area contributed by atoms with Crippen molar-refractivity contribution >= 4 is 43.8 Å². The maximum absolute atomic E-state index is 13.1. The van der Waals surface area contributed by atoms with Gasteiger partial charge in [-0.1, -0.05) is 54.2 Å². The summed E-state index contributed by atoms with van der Waals surface area (Å²) >= 11 is 1.16. The van der Waals surface area contributed by atoms with Gasteiger partial charge in [0.25, 0.3) is 5.69 Å². The van der Waals surface area contributed by atoms with Gasteiger partial charge in [-0.2, -0.15) is 0 Å². The van der Waals surface area contributed by atoms with Crippen LogP contribution in [0.3, 0.4) is 0 Å². The number of nitrogens with one attached hydrogen (secondary N) is 1. The number of anilines is 2. The Morgan fingerprint density at radius 1 is 1.18 bits per heavy atom. The number of sulfonamides is 1. The summed E-state index contributed by atoms with van der Waals surface area (Å²) in [5.74, 6) is -0.611. The van der Waals surface area contributed by atoms with Gasteiger partial charge in [-0.25, -0.2) is 8.42 Å². The summed E-state index contributed by atoms with van der Waals surface area (Å²) in [6, 6.07) is 10.4. The van der Waals surface area contributed by atoms with Crippen LogP contribution in [0.25, 0.3) is 10.6 Å². The molecule has 0 aliphatic rings. The van der Waals surface area contributed by atoms with Gasteiger partial charge in [0.15, 0.2) is 0 Å². The number of aromatic nitrogens is 2. The third-order valence-corrected chi connectivity index (χ3v) is 6.98. The first kappa shape index (κ1) is 24.3. The minimum atomic E-state index is -3.96. The quantitative estimate of drug-likeness (QED) is 0.374. The standard InChI is InChI=1S/C21H23N5O5S2/c1-5-17(25(33(4,30)31)18-12-16(26(28)29)11-8-14(18)3)19(27)22-21-24-23-20(32-21)15-9-6-13(2)7-10-15/h6-12,17H,5H2,1-4H3,(H,22,24,27)/t17-/m1/s1. The highest BCUT2D eigenvalue weighted by atomic mass is 32.2. The van der Waals surface area contributed by atoms with Crippen molar-refractivity contribution < 1.29 is 18.1 Å². The topological polar surface area (TPSA) is 135 Å². The zero-order chi connectivity index (χ0) is 24.3. The molecule has 1 atom stereocenters. The van der Waals surface area contributed by atoms with Crippen molar-refractivity contribution in [2.45, 2.75) is 33.2 Å². The van der Waals surface area contributed by atoms with E-state index in [9.17, 15) is 23.3 Å². The molecule has 10 nitrogen and oxygen atoms in total. The summed E-state index contributed by atoms with van der Waals surface area (Å²) in [6.07, 6.45) is 1.09. The van der Waals surface area contributed by atoms with Gasteiger partial charge >= 0.3 is 0 Å². The summed E-state index contributed by atoms with van der Waals surface area (Å²) in [5, 5.41) is 22.8. The molecule has 0 saturated carbocycles. The van der Waals surface area contributed by atoms with Crippen molar-refractivity contribution in [2.75, 3.05) is 15.9 Å². The van der Waals surface area contributed by atoms with Crippen molar-refractivity contribution in [2.24, 2.45) is 0 Å². The molecule has 1 heterocycles. The largest absolute Gasteiger partial charge is 0.299 e. The number of carbonyl (C=O) groups excluding carboxylic acids is 1. The summed E-state index contributed by atoms with van der Waals surface area (Å²) in [4.78, 5) is 23.7. The Hall–Kier alpha value is -3.38. The van der Waals surface area contributed by atoms with E-state index in [1.807, 2.05) is 31.2 Å². The average Bonchev–Trinajstić information content (AvgIpc) is 3.20. The molecular weight excluding hydrogens is 466 g/mol. The Kier molecular flexibility index (Phi) is 7.08. The first-order valence-electron chi connectivity index (χ1n) is 9.97. The number of aryl methyl sites for hydroxylation is 2. The summed E-state index contributed by atoms with van der Waals surface area (Å²) in [6.45, 7) is 5.25. The van der Waals surface area contributed by atoms with E-state index in [4.69, 9.17) is 0 Å². The lowest BCUT2D eigenvalue weighted by Gasteiger charge is -2.30. The van der Waals surface area contributed by atoms with E-state index in [0.29, 0.717) is 10.6 Å². The van der Waals surface area contributed by atoms with E-state index in [1.165, 1.54) is 12.1 Å². The molecular formula is C21H23N5O5S2. The van der Waals surface area contributed by atoms with Gasteiger partial charge in [0.2, 0.25) is 21.1 Å². The minimum Gasteiger partial charge on any atom is -0.299 e. The van der Waals surface area contributed by atoms with Gasteiger partial charge in [0, 0.05) is 17.7 Å². The lowest BCUT2D eigenvalue weighted by molar-refractivity contribution is -0.384. The van der Waals surface area contributed by atoms with Crippen LogP contribution in [0.4, 0.5) is 16.5 Å². The normalized spacial score (nSPS) is 12.2. The van der Waals surface area contributed by atoms with Crippen LogP contribution in [0, 0.1) is 24.0 Å². The molecule has 0 saturated heterocycles. The molecule has 3 rings (SSSR count). The van der Waals surface area contributed by atoms with E-state index in [2.05, 4.69) is 15.5 Å². The fraction of sp³-hybridized carbons (Fsp3) is 0.286. The third-order valence-electron chi connectivity index (χ3n) is 4.92. The van der Waals surface area contributed by atoms with E-state index >= 15 is 0 Å². The number of nitro benzene ring substituents is 1. The number of nitrogens with zero attached hydrogens (tertiary/aromatic N) is 4. The monoisotopic (exact) mass is 489 g/mol. The molecule has 0 unspecified atom stereocenters. The number of hydrogen-bond donors (Lipinski definition) is 1. The van der Waals surface area contributed by atoms with E-state index in [-0.39, 0.29) is 22.9 Å². The van der Waals surface area contributed by atoms with Gasteiger partial charge in [0.05, 0.1) is 16.9 Å². The molecule has 3 aromatic rings. The number of non-ortho nitro benzene ring substituents is 1. The number of carbonyl (C=O) groups is 1. The van der Waals surface area contributed by atoms with Gasteiger partial charge in [0.1, 0.15) is 11.0 Å². The Bertz CT molecular complexity index is 1290. The second-order valence-corrected chi connectivity index (χ2v) is 10.3. The highest BCUT2D eigenvalue weighted by Gasteiger charge is 2.33. The van der Waals surface area contributed by atoms with Crippen molar-refractivity contribution in [1.82, 2.24) is 10.2 Å². The summed E-state index contributed by atoms with van der Waals surface area (Å²) in [7, 11) is -3.96. The lowest BCUT2D eigenvalue weighted by Crippen LogP contribution is -2.47. The van der Waals surface area contributed by atoms with E-state index in [1.54, 1.807) is 13.8 Å². The summed E-state index contributed by atoms with van der Waals surface area (Å²) < 4.78 is 26.3. The minimum absolute atomic E-state index is 0.0753. The smallest absolute Gasteiger partial charge is 0.271 e. The van der Waals surface area contributed by atoms with Crippen LogP contribution < -0.4 is 9.62 Å². The van der Waals surface area contributed by atoms with Crippen LogP contribution in [0.2, 0.25) is 0 Å². The molecule has 1 N–H and O–H groups in total. The Labute approximate surface area is 195 Å². The van der Waals surface area contributed by atoms with Crippen molar-refractivity contribution in [3.05, 3.63) is 63.7 Å². The van der Waals surface area contributed by atoms with Crippen LogP contribution in [0.5, 0.6) is 0 Å². The molecule has 12 heteroatoms. The SMILES string of the molecule is CC[C@H](C(=O)Nc1nnc(-c2ccc(C)cc2)s1)N(c1cc([N+](=O)[O-])ccc1C)S(C)(=O)=O. The molecule has 174 valence electrons. The predicted octanol–water partition coefficient (Wildman–Crippen LogP) is 3.91. The van der Waals surface area contributed by atoms with Gasteiger partial charge in [-0.15, -0.1) is 10.2 Å². The number of rotatable bonds is 8. The Balaban J connectivity index is 1.92. The molecule has 2 aromatic carbocycles. The lowest BCUT2D eigenvalue weighted by atomic mass is 10.1. The summed E-state index contributed by atoms with van der Waals surface area (Å²) in [5.41, 5.74) is 2.23. The predicted molar refractivity (Wildman–Crippen MR) is 128 cm³/mol. The van der Waals surface area contributed by atoms with E-state index < -0.39 is 26.9 Å². The highest BCUT2D eigenvalue weighted by Crippen LogP contribution is 2.31. The Morgan fingerprint density at radius 3 is 2.42 bits per heavy atom. The number of amides is 1. The maximum atomic E-state index is 13.1. The number of nitro groups is 1. The zero-order valence-corrected chi connectivity index (χ0v) is 20.1. The first-order valence-corrected chi connectivity index (χ1v) is 12.6. The molecule has 0 bridgehead atoms.